The molecule has 2 aromatic rings. The second kappa shape index (κ2) is 8.72. The monoisotopic (exact) mass is 425 g/mol. The third-order valence-electron chi connectivity index (χ3n) is 3.20. The van der Waals surface area contributed by atoms with Crippen LogP contribution < -0.4 is 10.2 Å². The quantitative estimate of drug-likeness (QED) is 0.413. The summed E-state index contributed by atoms with van der Waals surface area (Å²) in [6.07, 6.45) is 1.21. The average Bonchev–Trinajstić information content (AvgIpc) is 3.00. The number of nitrogens with one attached hydrogen (secondary N) is 1. The minimum Gasteiger partial charge on any atom is -0.480 e. The van der Waals surface area contributed by atoms with Crippen molar-refractivity contribution in [1.29, 1.82) is 0 Å². The number of benzene rings is 1. The van der Waals surface area contributed by atoms with Crippen LogP contribution in [0, 0.1) is 10.1 Å². The van der Waals surface area contributed by atoms with Gasteiger partial charge in [-0.3, -0.25) is 14.9 Å². The first-order valence-electron chi connectivity index (χ1n) is 7.43. The van der Waals surface area contributed by atoms with E-state index in [9.17, 15) is 14.9 Å². The summed E-state index contributed by atoms with van der Waals surface area (Å²) in [7, 11) is 0. The summed E-state index contributed by atoms with van der Waals surface area (Å²) in [5.41, 5.74) is 2.45. The van der Waals surface area contributed by atoms with E-state index in [2.05, 4.69) is 26.5 Å². The molecule has 0 bridgehead atoms. The zero-order valence-corrected chi connectivity index (χ0v) is 16.0. The van der Waals surface area contributed by atoms with E-state index in [-0.39, 0.29) is 5.69 Å². The first kappa shape index (κ1) is 19.1. The van der Waals surface area contributed by atoms with Crippen molar-refractivity contribution < 1.29 is 14.5 Å². The fourth-order valence-corrected chi connectivity index (χ4v) is 3.27. The average molecular weight is 426 g/mol. The van der Waals surface area contributed by atoms with Crippen LogP contribution in [0.1, 0.15) is 23.6 Å². The Labute approximate surface area is 157 Å². The molecule has 1 amide bonds. The molecule has 9 heteroatoms. The lowest BCUT2D eigenvalue weighted by molar-refractivity contribution is -0.385. The van der Waals surface area contributed by atoms with E-state index < -0.39 is 16.9 Å². The fraction of sp³-hybridized carbons (Fsp3) is 0.250. The summed E-state index contributed by atoms with van der Waals surface area (Å²) in [6, 6.07) is 8.65. The molecule has 1 N–H and O–H groups in total. The van der Waals surface area contributed by atoms with Crippen LogP contribution in [-0.4, -0.2) is 23.1 Å². The first-order valence-corrected chi connectivity index (χ1v) is 9.04. The molecule has 7 nitrogen and oxygen atoms in total. The molecule has 0 aliphatic carbocycles. The number of rotatable bonds is 7. The minimum absolute atomic E-state index is 0.0749. The Hall–Kier alpha value is -2.26. The molecule has 25 heavy (non-hydrogen) atoms. The molecule has 0 fully saturated rings. The van der Waals surface area contributed by atoms with E-state index in [4.69, 9.17) is 4.74 Å². The molecule has 0 aliphatic rings. The molecule has 1 heterocycles. The van der Waals surface area contributed by atoms with E-state index in [1.807, 2.05) is 19.1 Å². The molecule has 1 aromatic heterocycles. The number of thiophene rings is 1. The lowest BCUT2D eigenvalue weighted by Crippen LogP contribution is -2.33. The maximum atomic E-state index is 12.0. The van der Waals surface area contributed by atoms with Crippen molar-refractivity contribution in [2.45, 2.75) is 26.4 Å². The summed E-state index contributed by atoms with van der Waals surface area (Å²) in [5, 5.41) is 14.8. The maximum Gasteiger partial charge on any atom is 0.283 e. The van der Waals surface area contributed by atoms with Gasteiger partial charge in [0.15, 0.2) is 6.10 Å². The number of carbonyl (C=O) groups excluding carboxylic acids is 1. The van der Waals surface area contributed by atoms with Crippen molar-refractivity contribution in [2.75, 3.05) is 0 Å². The predicted octanol–water partition coefficient (Wildman–Crippen LogP) is 3.90. The van der Waals surface area contributed by atoms with Gasteiger partial charge in [0.25, 0.3) is 11.6 Å². The van der Waals surface area contributed by atoms with Crippen LogP contribution in [0.4, 0.5) is 5.69 Å². The number of hydrogen-bond donors (Lipinski definition) is 1. The van der Waals surface area contributed by atoms with Crippen molar-refractivity contribution in [3.63, 3.8) is 0 Å². The first-order chi connectivity index (χ1) is 11.9. The SMILES string of the molecule is CCc1sc(/C=N/NC(=O)C(C)Oc2ccccc2Br)cc1[N+](=O)[O-]. The zero-order valence-electron chi connectivity index (χ0n) is 13.6. The van der Waals surface area contributed by atoms with E-state index >= 15 is 0 Å². The van der Waals surface area contributed by atoms with Gasteiger partial charge in [-0.05, 0) is 41.4 Å². The number of halogens is 1. The molecule has 1 unspecified atom stereocenters. The molecule has 1 aromatic carbocycles. The smallest absolute Gasteiger partial charge is 0.283 e. The Morgan fingerprint density at radius 3 is 2.84 bits per heavy atom. The van der Waals surface area contributed by atoms with Crippen LogP contribution in [0.25, 0.3) is 0 Å². The summed E-state index contributed by atoms with van der Waals surface area (Å²) in [6.45, 7) is 3.46. The summed E-state index contributed by atoms with van der Waals surface area (Å²) in [4.78, 5) is 23.8. The molecular formula is C16H16BrN3O4S. The third-order valence-corrected chi connectivity index (χ3v) is 5.06. The lowest BCUT2D eigenvalue weighted by atomic mass is 10.3. The maximum absolute atomic E-state index is 12.0. The van der Waals surface area contributed by atoms with Gasteiger partial charge in [0.1, 0.15) is 5.75 Å². The minimum atomic E-state index is -0.750. The molecule has 0 spiro atoms. The van der Waals surface area contributed by atoms with E-state index in [1.54, 1.807) is 19.1 Å². The Kier molecular flexibility index (Phi) is 6.65. The number of hydrogen-bond acceptors (Lipinski definition) is 6. The van der Waals surface area contributed by atoms with Crippen LogP contribution in [-0.2, 0) is 11.2 Å². The van der Waals surface area contributed by atoms with Crippen molar-refractivity contribution in [3.05, 3.63) is 54.7 Å². The van der Waals surface area contributed by atoms with Gasteiger partial charge >= 0.3 is 0 Å². The highest BCUT2D eigenvalue weighted by molar-refractivity contribution is 9.10. The van der Waals surface area contributed by atoms with Gasteiger partial charge in [0, 0.05) is 6.07 Å². The molecule has 0 saturated heterocycles. The van der Waals surface area contributed by atoms with Gasteiger partial charge in [-0.1, -0.05) is 19.1 Å². The van der Waals surface area contributed by atoms with Crippen molar-refractivity contribution in [1.82, 2.24) is 5.43 Å². The van der Waals surface area contributed by atoms with E-state index in [0.29, 0.717) is 21.9 Å². The molecule has 132 valence electrons. The van der Waals surface area contributed by atoms with Crippen molar-refractivity contribution in [2.24, 2.45) is 5.10 Å². The standard InChI is InChI=1S/C16H16BrN3O4S/c1-3-15-13(20(22)23)8-11(25-15)9-18-19-16(21)10(2)24-14-7-5-4-6-12(14)17/h4-10H,3H2,1-2H3,(H,19,21)/b18-9+. The second-order valence-corrected chi connectivity index (χ2v) is 7.02. The van der Waals surface area contributed by atoms with Gasteiger partial charge in [0.05, 0.1) is 25.4 Å². The van der Waals surface area contributed by atoms with Crippen LogP contribution in [0.2, 0.25) is 0 Å². The number of aryl methyl sites for hydroxylation is 1. The zero-order chi connectivity index (χ0) is 18.4. The Morgan fingerprint density at radius 2 is 2.24 bits per heavy atom. The predicted molar refractivity (Wildman–Crippen MR) is 100 cm³/mol. The van der Waals surface area contributed by atoms with Gasteiger partial charge < -0.3 is 4.74 Å². The highest BCUT2D eigenvalue weighted by Gasteiger charge is 2.17. The summed E-state index contributed by atoms with van der Waals surface area (Å²) >= 11 is 4.62. The number of amides is 1. The molecular weight excluding hydrogens is 410 g/mol. The molecule has 2 rings (SSSR count). The summed E-state index contributed by atoms with van der Waals surface area (Å²) < 4.78 is 6.31. The van der Waals surface area contributed by atoms with Crippen molar-refractivity contribution in [3.8, 4) is 5.75 Å². The number of para-hydroxylation sites is 1. The van der Waals surface area contributed by atoms with Crippen LogP contribution in [0.5, 0.6) is 5.75 Å². The molecule has 0 radical (unpaired) electrons. The van der Waals surface area contributed by atoms with E-state index in [1.165, 1.54) is 23.6 Å². The highest BCUT2D eigenvalue weighted by atomic mass is 79.9. The summed E-state index contributed by atoms with van der Waals surface area (Å²) in [5.74, 6) is 0.129. The number of hydrazone groups is 1. The van der Waals surface area contributed by atoms with Gasteiger partial charge in [-0.15, -0.1) is 11.3 Å². The van der Waals surface area contributed by atoms with Crippen LogP contribution in [0.15, 0.2) is 39.9 Å². The molecule has 1 atom stereocenters. The van der Waals surface area contributed by atoms with Gasteiger partial charge in [-0.2, -0.15) is 5.10 Å². The Bertz CT molecular complexity index is 806. The van der Waals surface area contributed by atoms with Gasteiger partial charge in [0.2, 0.25) is 0 Å². The Morgan fingerprint density at radius 1 is 1.52 bits per heavy atom. The fourth-order valence-electron chi connectivity index (χ4n) is 1.95. The topological polar surface area (TPSA) is 93.8 Å². The number of nitrogens with zero attached hydrogens (tertiary/aromatic N) is 2. The molecule has 0 saturated carbocycles. The highest BCUT2D eigenvalue weighted by Crippen LogP contribution is 2.28. The normalized spacial score (nSPS) is 12.1. The third kappa shape index (κ3) is 5.10. The second-order valence-electron chi connectivity index (χ2n) is 4.99. The van der Waals surface area contributed by atoms with Crippen LogP contribution in [0.3, 0.4) is 0 Å². The largest absolute Gasteiger partial charge is 0.480 e. The van der Waals surface area contributed by atoms with E-state index in [0.717, 1.165) is 4.47 Å². The Balaban J connectivity index is 1.96. The number of ether oxygens (including phenoxy) is 1. The van der Waals surface area contributed by atoms with Gasteiger partial charge in [-0.25, -0.2) is 5.43 Å². The van der Waals surface area contributed by atoms with Crippen LogP contribution >= 0.6 is 27.3 Å². The molecule has 0 aliphatic heterocycles. The number of carbonyl (C=O) groups is 1. The number of nitro groups is 1. The van der Waals surface area contributed by atoms with Crippen molar-refractivity contribution >= 4 is 45.1 Å². The lowest BCUT2D eigenvalue weighted by Gasteiger charge is -2.13.